The molecule has 0 aliphatic heterocycles. The lowest BCUT2D eigenvalue weighted by Crippen LogP contribution is -2.33. The largest absolute Gasteiger partial charge is 0.493 e. The number of carbonyl (C=O) groups is 1. The lowest BCUT2D eigenvalue weighted by Gasteiger charge is -2.13. The van der Waals surface area contributed by atoms with E-state index in [2.05, 4.69) is 11.4 Å². The van der Waals surface area contributed by atoms with Crippen LogP contribution in [0.4, 0.5) is 0 Å². The molecule has 4 nitrogen and oxygen atoms in total. The Morgan fingerprint density at radius 2 is 2.16 bits per heavy atom. The topological polar surface area (TPSA) is 58.6 Å². The highest BCUT2D eigenvalue weighted by atomic mass is 16.5. The van der Waals surface area contributed by atoms with Gasteiger partial charge in [0.1, 0.15) is 5.75 Å². The fourth-order valence-corrected chi connectivity index (χ4v) is 1.83. The fourth-order valence-electron chi connectivity index (χ4n) is 1.83. The lowest BCUT2D eigenvalue weighted by molar-refractivity contribution is -0.122. The molecule has 4 heteroatoms. The van der Waals surface area contributed by atoms with Crippen LogP contribution in [0.15, 0.2) is 18.2 Å². The van der Waals surface area contributed by atoms with Gasteiger partial charge in [-0.2, -0.15) is 0 Å². The van der Waals surface area contributed by atoms with Gasteiger partial charge < -0.3 is 15.2 Å². The number of nitrogens with one attached hydrogen (secondary N) is 1. The van der Waals surface area contributed by atoms with Gasteiger partial charge in [0, 0.05) is 12.6 Å². The number of aliphatic hydroxyl groups excluding tert-OH is 1. The van der Waals surface area contributed by atoms with Crippen molar-refractivity contribution in [2.24, 2.45) is 0 Å². The number of aliphatic hydroxyl groups is 1. The van der Waals surface area contributed by atoms with Gasteiger partial charge in [-0.1, -0.05) is 17.7 Å². The van der Waals surface area contributed by atoms with E-state index in [9.17, 15) is 4.79 Å². The van der Waals surface area contributed by atoms with Crippen LogP contribution in [0.2, 0.25) is 0 Å². The smallest absolute Gasteiger partial charge is 0.223 e. The number of carbonyl (C=O) groups excluding carboxylic acids is 1. The molecular weight excluding hydrogens is 242 g/mol. The highest BCUT2D eigenvalue weighted by molar-refractivity contribution is 5.76. The quantitative estimate of drug-likeness (QED) is 0.792. The summed E-state index contributed by atoms with van der Waals surface area (Å²) in [4.78, 5) is 11.6. The first-order chi connectivity index (χ1) is 9.02. The van der Waals surface area contributed by atoms with E-state index in [-0.39, 0.29) is 18.6 Å². The molecule has 1 rings (SSSR count). The molecule has 1 aromatic carbocycles. The van der Waals surface area contributed by atoms with Crippen LogP contribution in [-0.4, -0.2) is 30.3 Å². The van der Waals surface area contributed by atoms with Gasteiger partial charge in [-0.15, -0.1) is 0 Å². The van der Waals surface area contributed by atoms with Crippen LogP contribution >= 0.6 is 0 Å². The molecule has 0 fully saturated rings. The highest BCUT2D eigenvalue weighted by Gasteiger charge is 2.07. The Kier molecular flexibility index (Phi) is 6.36. The summed E-state index contributed by atoms with van der Waals surface area (Å²) in [5, 5.41) is 11.6. The Balaban J connectivity index is 2.31. The number of hydrogen-bond acceptors (Lipinski definition) is 3. The Hall–Kier alpha value is -1.55. The van der Waals surface area contributed by atoms with Crippen LogP contribution in [-0.2, 0) is 4.79 Å². The molecule has 1 atom stereocenters. The van der Waals surface area contributed by atoms with Gasteiger partial charge in [0.05, 0.1) is 13.0 Å². The van der Waals surface area contributed by atoms with E-state index < -0.39 is 0 Å². The Labute approximate surface area is 114 Å². The molecule has 0 spiro atoms. The van der Waals surface area contributed by atoms with Crippen molar-refractivity contribution in [3.63, 3.8) is 0 Å². The van der Waals surface area contributed by atoms with Gasteiger partial charge in [0.25, 0.3) is 0 Å². The number of amides is 1. The summed E-state index contributed by atoms with van der Waals surface area (Å²) in [5.74, 6) is 0.771. The average molecular weight is 265 g/mol. The molecule has 0 saturated carbocycles. The molecule has 0 radical (unpaired) electrons. The SMILES string of the molecule is Cc1ccc(OCCC(=O)NC(C)CCO)c(C)c1. The predicted molar refractivity (Wildman–Crippen MR) is 75.3 cm³/mol. The molecule has 1 aromatic rings. The van der Waals surface area contributed by atoms with Crippen LogP contribution in [0.3, 0.4) is 0 Å². The third-order valence-corrected chi connectivity index (χ3v) is 2.89. The van der Waals surface area contributed by atoms with Crippen LogP contribution < -0.4 is 10.1 Å². The zero-order valence-electron chi connectivity index (χ0n) is 11.9. The van der Waals surface area contributed by atoms with Gasteiger partial charge in [-0.3, -0.25) is 4.79 Å². The first-order valence-corrected chi connectivity index (χ1v) is 6.63. The lowest BCUT2D eigenvalue weighted by atomic mass is 10.1. The van der Waals surface area contributed by atoms with E-state index >= 15 is 0 Å². The fraction of sp³-hybridized carbons (Fsp3) is 0.533. The first-order valence-electron chi connectivity index (χ1n) is 6.63. The van der Waals surface area contributed by atoms with Gasteiger partial charge in [-0.05, 0) is 38.8 Å². The van der Waals surface area contributed by atoms with Crippen molar-refractivity contribution >= 4 is 5.91 Å². The number of hydrogen-bond donors (Lipinski definition) is 2. The van der Waals surface area contributed by atoms with Crippen molar-refractivity contribution in [2.45, 2.75) is 39.7 Å². The van der Waals surface area contributed by atoms with E-state index in [1.807, 2.05) is 32.9 Å². The van der Waals surface area contributed by atoms with Crippen LogP contribution in [0, 0.1) is 13.8 Å². The minimum atomic E-state index is -0.0503. The minimum Gasteiger partial charge on any atom is -0.493 e. The molecule has 1 amide bonds. The van der Waals surface area contributed by atoms with Crippen molar-refractivity contribution in [3.05, 3.63) is 29.3 Å². The molecule has 106 valence electrons. The second kappa shape index (κ2) is 7.79. The molecule has 2 N–H and O–H groups in total. The number of rotatable bonds is 7. The molecule has 0 aliphatic carbocycles. The molecule has 0 saturated heterocycles. The van der Waals surface area contributed by atoms with Crippen molar-refractivity contribution in [3.8, 4) is 5.75 Å². The summed E-state index contributed by atoms with van der Waals surface area (Å²) in [7, 11) is 0. The summed E-state index contributed by atoms with van der Waals surface area (Å²) in [6.07, 6.45) is 0.896. The molecule has 1 unspecified atom stereocenters. The zero-order chi connectivity index (χ0) is 14.3. The molecule has 0 aromatic heterocycles. The van der Waals surface area contributed by atoms with Gasteiger partial charge in [-0.25, -0.2) is 0 Å². The Bertz CT molecular complexity index is 418. The normalized spacial score (nSPS) is 12.0. The van der Waals surface area contributed by atoms with Crippen molar-refractivity contribution in [2.75, 3.05) is 13.2 Å². The summed E-state index contributed by atoms with van der Waals surface area (Å²) in [6, 6.07) is 5.97. The number of ether oxygens (including phenoxy) is 1. The maximum atomic E-state index is 11.6. The summed E-state index contributed by atoms with van der Waals surface area (Å²) in [5.41, 5.74) is 2.27. The van der Waals surface area contributed by atoms with E-state index in [0.29, 0.717) is 19.4 Å². The van der Waals surface area contributed by atoms with Crippen LogP contribution in [0.5, 0.6) is 5.75 Å². The highest BCUT2D eigenvalue weighted by Crippen LogP contribution is 2.18. The molecule has 0 aliphatic rings. The van der Waals surface area contributed by atoms with E-state index in [0.717, 1.165) is 11.3 Å². The van der Waals surface area contributed by atoms with Crippen molar-refractivity contribution in [1.82, 2.24) is 5.32 Å². The first kappa shape index (κ1) is 15.5. The Morgan fingerprint density at radius 3 is 2.79 bits per heavy atom. The molecule has 0 heterocycles. The third kappa shape index (κ3) is 5.75. The maximum Gasteiger partial charge on any atom is 0.223 e. The number of benzene rings is 1. The number of aryl methyl sites for hydroxylation is 2. The Morgan fingerprint density at radius 1 is 1.42 bits per heavy atom. The monoisotopic (exact) mass is 265 g/mol. The standard InChI is InChI=1S/C15H23NO3/c1-11-4-5-14(12(2)10-11)19-9-7-15(18)16-13(3)6-8-17/h4-5,10,13,17H,6-9H2,1-3H3,(H,16,18). The minimum absolute atomic E-state index is 0.00129. The summed E-state index contributed by atoms with van der Waals surface area (Å²) in [6.45, 7) is 6.35. The second-order valence-corrected chi connectivity index (χ2v) is 4.85. The molecule has 0 bridgehead atoms. The predicted octanol–water partition coefficient (Wildman–Crippen LogP) is 1.96. The second-order valence-electron chi connectivity index (χ2n) is 4.85. The van der Waals surface area contributed by atoms with Crippen LogP contribution in [0.1, 0.15) is 30.9 Å². The van der Waals surface area contributed by atoms with Gasteiger partial charge in [0.15, 0.2) is 0 Å². The van der Waals surface area contributed by atoms with Gasteiger partial charge in [0.2, 0.25) is 5.91 Å². The zero-order valence-corrected chi connectivity index (χ0v) is 11.9. The molecule has 19 heavy (non-hydrogen) atoms. The van der Waals surface area contributed by atoms with E-state index in [1.165, 1.54) is 5.56 Å². The summed E-state index contributed by atoms with van der Waals surface area (Å²) < 4.78 is 5.59. The van der Waals surface area contributed by atoms with Gasteiger partial charge >= 0.3 is 0 Å². The molecular formula is C15H23NO3. The van der Waals surface area contributed by atoms with Crippen molar-refractivity contribution in [1.29, 1.82) is 0 Å². The summed E-state index contributed by atoms with van der Waals surface area (Å²) >= 11 is 0. The van der Waals surface area contributed by atoms with E-state index in [1.54, 1.807) is 0 Å². The van der Waals surface area contributed by atoms with E-state index in [4.69, 9.17) is 9.84 Å². The van der Waals surface area contributed by atoms with Crippen molar-refractivity contribution < 1.29 is 14.6 Å². The average Bonchev–Trinajstić information content (AvgIpc) is 2.32. The third-order valence-electron chi connectivity index (χ3n) is 2.89. The maximum absolute atomic E-state index is 11.6. The van der Waals surface area contributed by atoms with Crippen LogP contribution in [0.25, 0.3) is 0 Å².